The van der Waals surface area contributed by atoms with Gasteiger partial charge < -0.3 is 4.42 Å². The minimum Gasteiger partial charge on any atom is -0.444 e. The molecule has 1 saturated heterocycles. The lowest BCUT2D eigenvalue weighted by molar-refractivity contribution is 0.248. The van der Waals surface area contributed by atoms with Gasteiger partial charge in [0.2, 0.25) is 5.89 Å². The summed E-state index contributed by atoms with van der Waals surface area (Å²) < 4.78 is 5.77. The molecule has 3 nitrogen and oxygen atoms in total. The van der Waals surface area contributed by atoms with Crippen LogP contribution in [0, 0.1) is 13.8 Å². The van der Waals surface area contributed by atoms with Gasteiger partial charge in [-0.1, -0.05) is 23.8 Å². The van der Waals surface area contributed by atoms with Crippen molar-refractivity contribution in [3.8, 4) is 11.5 Å². The Morgan fingerprint density at radius 1 is 1.29 bits per heavy atom. The van der Waals surface area contributed by atoms with Gasteiger partial charge in [0.15, 0.2) is 0 Å². The highest BCUT2D eigenvalue weighted by Gasteiger charge is 2.27. The van der Waals surface area contributed by atoms with Crippen LogP contribution in [0.15, 0.2) is 46.4 Å². The molecule has 24 heavy (non-hydrogen) atoms. The van der Waals surface area contributed by atoms with Gasteiger partial charge in [-0.2, -0.15) is 0 Å². The van der Waals surface area contributed by atoms with Crippen LogP contribution in [0.3, 0.4) is 0 Å². The molecule has 0 radical (unpaired) electrons. The fourth-order valence-corrected chi connectivity index (χ4v) is 4.48. The second kappa shape index (κ2) is 6.54. The zero-order valence-electron chi connectivity index (χ0n) is 14.2. The molecule has 1 atom stereocenters. The van der Waals surface area contributed by atoms with Gasteiger partial charge >= 0.3 is 0 Å². The normalized spacial score (nSPS) is 18.3. The van der Waals surface area contributed by atoms with Crippen molar-refractivity contribution in [2.45, 2.75) is 39.3 Å². The molecule has 0 aliphatic carbocycles. The van der Waals surface area contributed by atoms with Crippen molar-refractivity contribution in [1.29, 1.82) is 0 Å². The van der Waals surface area contributed by atoms with E-state index in [9.17, 15) is 0 Å². The van der Waals surface area contributed by atoms with Gasteiger partial charge in [-0.3, -0.25) is 4.90 Å². The van der Waals surface area contributed by atoms with Crippen LogP contribution in [-0.4, -0.2) is 16.4 Å². The van der Waals surface area contributed by atoms with Gasteiger partial charge in [0.05, 0.1) is 5.69 Å². The molecule has 4 heteroatoms. The Bertz CT molecular complexity index is 822. The first-order chi connectivity index (χ1) is 11.7. The second-order valence-electron chi connectivity index (χ2n) is 6.61. The van der Waals surface area contributed by atoms with Crippen molar-refractivity contribution in [1.82, 2.24) is 9.88 Å². The van der Waals surface area contributed by atoms with E-state index in [0.29, 0.717) is 6.04 Å². The molecule has 0 saturated carbocycles. The summed E-state index contributed by atoms with van der Waals surface area (Å²) in [4.78, 5) is 8.73. The molecule has 1 aliphatic heterocycles. The predicted molar refractivity (Wildman–Crippen MR) is 98.1 cm³/mol. The molecule has 3 aromatic rings. The predicted octanol–water partition coefficient (Wildman–Crippen LogP) is 5.36. The number of hydrogen-bond donors (Lipinski definition) is 0. The van der Waals surface area contributed by atoms with Crippen molar-refractivity contribution < 1.29 is 4.42 Å². The van der Waals surface area contributed by atoms with E-state index < -0.39 is 0 Å². The number of oxazole rings is 1. The molecule has 2 aromatic heterocycles. The van der Waals surface area contributed by atoms with E-state index in [1.54, 1.807) is 0 Å². The van der Waals surface area contributed by atoms with Crippen LogP contribution in [0.1, 0.15) is 40.6 Å². The van der Waals surface area contributed by atoms with Crippen LogP contribution >= 0.6 is 11.3 Å². The largest absolute Gasteiger partial charge is 0.444 e. The fourth-order valence-electron chi connectivity index (χ4n) is 3.58. The first-order valence-electron chi connectivity index (χ1n) is 8.50. The molecule has 124 valence electrons. The minimum atomic E-state index is 0.534. The molecule has 0 bridgehead atoms. The van der Waals surface area contributed by atoms with E-state index in [-0.39, 0.29) is 0 Å². The summed E-state index contributed by atoms with van der Waals surface area (Å²) in [6.45, 7) is 6.21. The third-order valence-electron chi connectivity index (χ3n) is 4.76. The topological polar surface area (TPSA) is 29.3 Å². The Kier molecular flexibility index (Phi) is 4.25. The van der Waals surface area contributed by atoms with Gasteiger partial charge in [-0.25, -0.2) is 4.98 Å². The first kappa shape index (κ1) is 15.6. The third kappa shape index (κ3) is 3.04. The van der Waals surface area contributed by atoms with Crippen LogP contribution in [0.2, 0.25) is 0 Å². The summed E-state index contributed by atoms with van der Waals surface area (Å²) in [7, 11) is 0. The number of nitrogens with zero attached hydrogens (tertiary/aromatic N) is 2. The van der Waals surface area contributed by atoms with E-state index in [1.807, 2.05) is 17.6 Å². The maximum absolute atomic E-state index is 5.77. The van der Waals surface area contributed by atoms with Crippen molar-refractivity contribution in [2.24, 2.45) is 0 Å². The summed E-state index contributed by atoms with van der Waals surface area (Å²) in [6.07, 6.45) is 4.31. The van der Waals surface area contributed by atoms with E-state index in [4.69, 9.17) is 9.40 Å². The third-order valence-corrected chi connectivity index (χ3v) is 5.74. The van der Waals surface area contributed by atoms with Crippen LogP contribution in [0.25, 0.3) is 11.5 Å². The molecule has 3 heterocycles. The Balaban J connectivity index is 1.53. The molecule has 0 unspecified atom stereocenters. The summed E-state index contributed by atoms with van der Waals surface area (Å²) in [5, 5.41) is 2.17. The van der Waals surface area contributed by atoms with Crippen LogP contribution < -0.4 is 0 Å². The Hall–Kier alpha value is -1.91. The highest BCUT2D eigenvalue weighted by atomic mass is 32.1. The Morgan fingerprint density at radius 3 is 3.00 bits per heavy atom. The lowest BCUT2D eigenvalue weighted by Gasteiger charge is -2.22. The number of rotatable bonds is 4. The van der Waals surface area contributed by atoms with Crippen LogP contribution in [0.4, 0.5) is 0 Å². The number of thiophene rings is 1. The van der Waals surface area contributed by atoms with Crippen molar-refractivity contribution in [3.63, 3.8) is 0 Å². The standard InChI is InChI=1S/C20H22N2OS/c1-14-7-8-17(15(2)11-14)20-21-16(13-23-20)12-22-9-3-5-18(22)19-6-4-10-24-19/h4,6-8,10-11,13,18H,3,5,9,12H2,1-2H3/t18-/m0/s1. The van der Waals surface area contributed by atoms with E-state index in [2.05, 4.69) is 54.5 Å². The van der Waals surface area contributed by atoms with Gasteiger partial charge in [-0.15, -0.1) is 11.3 Å². The minimum absolute atomic E-state index is 0.534. The van der Waals surface area contributed by atoms with Gasteiger partial charge in [0, 0.05) is 23.0 Å². The highest BCUT2D eigenvalue weighted by molar-refractivity contribution is 7.10. The smallest absolute Gasteiger partial charge is 0.226 e. The molecule has 1 aliphatic rings. The SMILES string of the molecule is Cc1ccc(-c2nc(CN3CCC[C@H]3c3cccs3)co2)c(C)c1. The van der Waals surface area contributed by atoms with E-state index in [1.165, 1.54) is 28.8 Å². The molecule has 1 fully saturated rings. The molecule has 1 aromatic carbocycles. The fraction of sp³-hybridized carbons (Fsp3) is 0.350. The van der Waals surface area contributed by atoms with Gasteiger partial charge in [0.25, 0.3) is 0 Å². The van der Waals surface area contributed by atoms with Crippen molar-refractivity contribution in [3.05, 3.63) is 63.7 Å². The summed E-state index contributed by atoms with van der Waals surface area (Å²) in [5.74, 6) is 0.731. The molecule has 0 amide bonds. The first-order valence-corrected chi connectivity index (χ1v) is 9.38. The summed E-state index contributed by atoms with van der Waals surface area (Å²) >= 11 is 1.85. The number of aryl methyl sites for hydroxylation is 2. The quantitative estimate of drug-likeness (QED) is 0.641. The molecule has 0 spiro atoms. The van der Waals surface area contributed by atoms with E-state index in [0.717, 1.165) is 30.2 Å². The second-order valence-corrected chi connectivity index (χ2v) is 7.59. The lowest BCUT2D eigenvalue weighted by Crippen LogP contribution is -2.22. The lowest BCUT2D eigenvalue weighted by atomic mass is 10.1. The molecular weight excluding hydrogens is 316 g/mol. The zero-order chi connectivity index (χ0) is 16.5. The molecule has 0 N–H and O–H groups in total. The number of hydrogen-bond acceptors (Lipinski definition) is 4. The number of likely N-dealkylation sites (tertiary alicyclic amines) is 1. The van der Waals surface area contributed by atoms with E-state index >= 15 is 0 Å². The van der Waals surface area contributed by atoms with Gasteiger partial charge in [-0.05, 0) is 56.3 Å². The highest BCUT2D eigenvalue weighted by Crippen LogP contribution is 2.35. The maximum atomic E-state index is 5.77. The van der Waals surface area contributed by atoms with Gasteiger partial charge in [0.1, 0.15) is 6.26 Å². The summed E-state index contributed by atoms with van der Waals surface area (Å²) in [6, 6.07) is 11.3. The average Bonchev–Trinajstić information content (AvgIpc) is 3.28. The zero-order valence-corrected chi connectivity index (χ0v) is 15.0. The van der Waals surface area contributed by atoms with Crippen molar-refractivity contribution >= 4 is 11.3 Å². The molecular formula is C20H22N2OS. The van der Waals surface area contributed by atoms with Crippen LogP contribution in [-0.2, 0) is 6.54 Å². The maximum Gasteiger partial charge on any atom is 0.226 e. The molecule has 4 rings (SSSR count). The summed E-state index contributed by atoms with van der Waals surface area (Å²) in [5.41, 5.74) is 4.58. The average molecular weight is 338 g/mol. The van der Waals surface area contributed by atoms with Crippen LogP contribution in [0.5, 0.6) is 0 Å². The number of benzene rings is 1. The van der Waals surface area contributed by atoms with Crippen molar-refractivity contribution in [2.75, 3.05) is 6.54 Å². The Morgan fingerprint density at radius 2 is 2.21 bits per heavy atom. The monoisotopic (exact) mass is 338 g/mol. The number of aromatic nitrogens is 1. The Labute approximate surface area is 147 Å².